The fourth-order valence-corrected chi connectivity index (χ4v) is 2.35. The maximum atomic E-state index is 12.7. The molecule has 29 heavy (non-hydrogen) atoms. The van der Waals surface area contributed by atoms with Crippen LogP contribution in [0.3, 0.4) is 0 Å². The summed E-state index contributed by atoms with van der Waals surface area (Å²) in [6.45, 7) is -0.00456. The van der Waals surface area contributed by atoms with Crippen molar-refractivity contribution in [2.45, 2.75) is 18.9 Å². The molecule has 5 nitrogen and oxygen atoms in total. The van der Waals surface area contributed by atoms with Gasteiger partial charge in [0.2, 0.25) is 5.82 Å². The van der Waals surface area contributed by atoms with Gasteiger partial charge in [0.15, 0.2) is 0 Å². The van der Waals surface area contributed by atoms with Crippen LogP contribution in [-0.2, 0) is 18.9 Å². The number of alkyl halides is 6. The lowest BCUT2D eigenvalue weighted by molar-refractivity contribution is -0.159. The van der Waals surface area contributed by atoms with Crippen molar-refractivity contribution in [3.8, 4) is 11.4 Å². The predicted octanol–water partition coefficient (Wildman–Crippen LogP) is 4.70. The molecule has 152 valence electrons. The number of halogens is 6. The summed E-state index contributed by atoms with van der Waals surface area (Å²) in [4.78, 5) is 15.3. The first-order valence-corrected chi connectivity index (χ1v) is 8.00. The molecule has 3 rings (SSSR count). The van der Waals surface area contributed by atoms with Gasteiger partial charge >= 0.3 is 18.2 Å². The third kappa shape index (κ3) is 4.92. The zero-order chi connectivity index (χ0) is 21.2. The molecular formula is C18H11F6N3O2. The van der Waals surface area contributed by atoms with Crippen molar-refractivity contribution in [1.29, 1.82) is 0 Å². The topological polar surface area (TPSA) is 68.0 Å². The van der Waals surface area contributed by atoms with E-state index in [1.54, 1.807) is 0 Å². The summed E-state index contributed by atoms with van der Waals surface area (Å²) in [7, 11) is 0. The quantitative estimate of drug-likeness (QED) is 0.627. The van der Waals surface area contributed by atoms with Crippen molar-refractivity contribution in [2.24, 2.45) is 0 Å². The first kappa shape index (κ1) is 20.4. The van der Waals surface area contributed by atoms with Crippen LogP contribution in [0.2, 0.25) is 0 Å². The Morgan fingerprint density at radius 3 is 2.24 bits per heavy atom. The normalized spacial score (nSPS) is 12.1. The second-order valence-electron chi connectivity index (χ2n) is 5.88. The molecule has 1 N–H and O–H groups in total. The summed E-state index contributed by atoms with van der Waals surface area (Å²) in [5.74, 6) is -2.42. The summed E-state index contributed by atoms with van der Waals surface area (Å²) in [6.07, 6.45) is -9.31. The Kier molecular flexibility index (Phi) is 5.31. The van der Waals surface area contributed by atoms with Gasteiger partial charge in [0, 0.05) is 17.7 Å². The van der Waals surface area contributed by atoms with Crippen molar-refractivity contribution in [3.63, 3.8) is 0 Å². The number of carbonyl (C=O) groups is 1. The number of hydrogen-bond acceptors (Lipinski definition) is 4. The maximum Gasteiger partial charge on any atom is 0.471 e. The summed E-state index contributed by atoms with van der Waals surface area (Å²) >= 11 is 0. The minimum absolute atomic E-state index is 0.00456. The molecule has 0 unspecified atom stereocenters. The van der Waals surface area contributed by atoms with E-state index in [0.717, 1.165) is 18.2 Å². The SMILES string of the molecule is O=C(NCc1ccc(-c2noc(C(F)(F)F)n2)cc1)c1cccc(C(F)(F)F)c1. The first-order valence-electron chi connectivity index (χ1n) is 8.00. The standard InChI is InChI=1S/C18H11F6N3O2/c19-17(20,21)13-3-1-2-12(8-13)15(28)25-9-10-4-6-11(7-5-10)14-26-16(29-27-14)18(22,23)24/h1-8H,9H2,(H,25,28). The van der Waals surface area contributed by atoms with Gasteiger partial charge in [-0.2, -0.15) is 31.3 Å². The summed E-state index contributed by atoms with van der Waals surface area (Å²) in [6, 6.07) is 9.85. The molecule has 0 saturated carbocycles. The van der Waals surface area contributed by atoms with E-state index < -0.39 is 29.7 Å². The van der Waals surface area contributed by atoms with Crippen LogP contribution in [0.25, 0.3) is 11.4 Å². The lowest BCUT2D eigenvalue weighted by Crippen LogP contribution is -2.23. The van der Waals surface area contributed by atoms with Gasteiger partial charge in [-0.25, -0.2) is 0 Å². The number of carbonyl (C=O) groups excluding carboxylic acids is 1. The van der Waals surface area contributed by atoms with Gasteiger partial charge in [0.1, 0.15) is 0 Å². The molecule has 2 aromatic carbocycles. The molecule has 11 heteroatoms. The van der Waals surface area contributed by atoms with Crippen LogP contribution in [0.5, 0.6) is 0 Å². The van der Waals surface area contributed by atoms with Crippen molar-refractivity contribution < 1.29 is 35.7 Å². The van der Waals surface area contributed by atoms with Gasteiger partial charge in [-0.05, 0) is 23.8 Å². The fraction of sp³-hybridized carbons (Fsp3) is 0.167. The Morgan fingerprint density at radius 2 is 1.66 bits per heavy atom. The molecule has 1 heterocycles. The molecule has 0 bridgehead atoms. The van der Waals surface area contributed by atoms with E-state index in [-0.39, 0.29) is 23.5 Å². The second-order valence-corrected chi connectivity index (χ2v) is 5.88. The molecule has 1 aromatic heterocycles. The highest BCUT2D eigenvalue weighted by Crippen LogP contribution is 2.30. The van der Waals surface area contributed by atoms with Gasteiger partial charge in [-0.3, -0.25) is 4.79 Å². The van der Waals surface area contributed by atoms with Crippen LogP contribution in [0, 0.1) is 0 Å². The average molecular weight is 415 g/mol. The van der Waals surface area contributed by atoms with Gasteiger partial charge < -0.3 is 9.84 Å². The molecule has 1 amide bonds. The third-order valence-corrected chi connectivity index (χ3v) is 3.79. The highest BCUT2D eigenvalue weighted by Gasteiger charge is 2.38. The lowest BCUT2D eigenvalue weighted by atomic mass is 10.1. The summed E-state index contributed by atoms with van der Waals surface area (Å²) < 4.78 is 79.8. The Labute approximate surface area is 159 Å². The van der Waals surface area contributed by atoms with Gasteiger partial charge in [-0.15, -0.1) is 0 Å². The molecule has 0 aliphatic rings. The molecule has 3 aromatic rings. The van der Waals surface area contributed by atoms with Crippen molar-refractivity contribution >= 4 is 5.91 Å². The lowest BCUT2D eigenvalue weighted by Gasteiger charge is -2.09. The van der Waals surface area contributed by atoms with Gasteiger partial charge in [-0.1, -0.05) is 35.5 Å². The molecule has 0 saturated heterocycles. The third-order valence-electron chi connectivity index (χ3n) is 3.79. The van der Waals surface area contributed by atoms with E-state index in [1.807, 2.05) is 0 Å². The van der Waals surface area contributed by atoms with Crippen molar-refractivity contribution in [3.05, 3.63) is 71.1 Å². The first-order chi connectivity index (χ1) is 13.5. The Bertz CT molecular complexity index is 1010. The molecule has 0 spiro atoms. The van der Waals surface area contributed by atoms with Crippen LogP contribution < -0.4 is 5.32 Å². The van der Waals surface area contributed by atoms with Crippen LogP contribution >= 0.6 is 0 Å². The van der Waals surface area contributed by atoms with Gasteiger partial charge in [0.25, 0.3) is 5.91 Å². The monoisotopic (exact) mass is 415 g/mol. The smallest absolute Gasteiger partial charge is 0.348 e. The molecule has 0 fully saturated rings. The number of rotatable bonds is 4. The Balaban J connectivity index is 1.65. The number of hydrogen-bond donors (Lipinski definition) is 1. The number of aromatic nitrogens is 2. The molecular weight excluding hydrogens is 404 g/mol. The van der Waals surface area contributed by atoms with Crippen LogP contribution in [0.15, 0.2) is 53.1 Å². The maximum absolute atomic E-state index is 12.7. The molecule has 0 atom stereocenters. The summed E-state index contributed by atoms with van der Waals surface area (Å²) in [5, 5.41) is 5.73. The average Bonchev–Trinajstić information content (AvgIpc) is 3.17. The highest BCUT2D eigenvalue weighted by atomic mass is 19.4. The number of nitrogens with zero attached hydrogens (tertiary/aromatic N) is 2. The van der Waals surface area contributed by atoms with Gasteiger partial charge in [0.05, 0.1) is 5.56 Å². The van der Waals surface area contributed by atoms with Crippen LogP contribution in [-0.4, -0.2) is 16.0 Å². The molecule has 0 radical (unpaired) electrons. The Hall–Kier alpha value is -3.37. The second kappa shape index (κ2) is 7.57. The zero-order valence-electron chi connectivity index (χ0n) is 14.3. The largest absolute Gasteiger partial charge is 0.471 e. The van der Waals surface area contributed by atoms with E-state index in [9.17, 15) is 31.1 Å². The van der Waals surface area contributed by atoms with E-state index in [0.29, 0.717) is 5.56 Å². The minimum Gasteiger partial charge on any atom is -0.348 e. The number of benzene rings is 2. The summed E-state index contributed by atoms with van der Waals surface area (Å²) in [5.41, 5.74) is -0.262. The highest BCUT2D eigenvalue weighted by molar-refractivity contribution is 5.94. The molecule has 0 aliphatic heterocycles. The van der Waals surface area contributed by atoms with E-state index in [1.165, 1.54) is 30.3 Å². The fourth-order valence-electron chi connectivity index (χ4n) is 2.35. The zero-order valence-corrected chi connectivity index (χ0v) is 14.3. The Morgan fingerprint density at radius 1 is 0.966 bits per heavy atom. The number of nitrogens with one attached hydrogen (secondary N) is 1. The van der Waals surface area contributed by atoms with E-state index in [4.69, 9.17) is 0 Å². The van der Waals surface area contributed by atoms with Crippen molar-refractivity contribution in [1.82, 2.24) is 15.5 Å². The predicted molar refractivity (Wildman–Crippen MR) is 87.4 cm³/mol. The minimum atomic E-state index is -4.75. The van der Waals surface area contributed by atoms with Crippen LogP contribution in [0.1, 0.15) is 27.4 Å². The van der Waals surface area contributed by atoms with E-state index in [2.05, 4.69) is 20.0 Å². The van der Waals surface area contributed by atoms with Crippen molar-refractivity contribution in [2.75, 3.05) is 0 Å². The molecule has 0 aliphatic carbocycles. The van der Waals surface area contributed by atoms with Crippen LogP contribution in [0.4, 0.5) is 26.3 Å². The number of amides is 1. The van der Waals surface area contributed by atoms with E-state index >= 15 is 0 Å².